The summed E-state index contributed by atoms with van der Waals surface area (Å²) in [6, 6.07) is 23.1. The molecule has 0 saturated heterocycles. The van der Waals surface area contributed by atoms with E-state index in [0.717, 1.165) is 50.3 Å². The minimum Gasteiger partial charge on any atom is -0.507 e. The molecular formula is C35H36O6. The van der Waals surface area contributed by atoms with Gasteiger partial charge >= 0.3 is 0 Å². The van der Waals surface area contributed by atoms with Gasteiger partial charge in [-0.1, -0.05) is 78.9 Å². The van der Waals surface area contributed by atoms with E-state index < -0.39 is 0 Å². The van der Waals surface area contributed by atoms with Crippen LogP contribution >= 0.6 is 0 Å². The number of fused-ring (bicyclic) bond motifs is 8. The van der Waals surface area contributed by atoms with E-state index in [-0.39, 0.29) is 17.2 Å². The van der Waals surface area contributed by atoms with Crippen LogP contribution in [0.5, 0.6) is 23.0 Å². The molecule has 0 fully saturated rings. The van der Waals surface area contributed by atoms with Crippen LogP contribution in [-0.2, 0) is 35.2 Å². The Morgan fingerprint density at radius 2 is 0.854 bits per heavy atom. The Hall–Kier alpha value is -4.26. The molecule has 4 aromatic rings. The highest BCUT2D eigenvalue weighted by Gasteiger charge is 2.19. The van der Waals surface area contributed by atoms with Gasteiger partial charge in [0, 0.05) is 25.7 Å². The highest BCUT2D eigenvalue weighted by Crippen LogP contribution is 2.37. The lowest BCUT2D eigenvalue weighted by Crippen LogP contribution is -2.12. The number of hydrogen-bond acceptors (Lipinski definition) is 6. The summed E-state index contributed by atoms with van der Waals surface area (Å²) in [5, 5.41) is 33.7. The highest BCUT2D eigenvalue weighted by molar-refractivity contribution is 5.54. The number of hydrogen-bond donors (Lipinski definition) is 3. The van der Waals surface area contributed by atoms with E-state index in [9.17, 15) is 15.3 Å². The summed E-state index contributed by atoms with van der Waals surface area (Å²) < 4.78 is 17.4. The molecule has 0 spiro atoms. The number of para-hydroxylation sites is 4. The van der Waals surface area contributed by atoms with Gasteiger partial charge in [-0.05, 0) is 44.5 Å². The molecule has 0 aromatic heterocycles. The number of phenols is 3. The van der Waals surface area contributed by atoms with E-state index in [2.05, 4.69) is 6.58 Å². The van der Waals surface area contributed by atoms with Crippen molar-refractivity contribution < 1.29 is 29.5 Å². The Labute approximate surface area is 241 Å². The molecule has 1 aliphatic carbocycles. The first kappa shape index (κ1) is 28.3. The van der Waals surface area contributed by atoms with Crippen LogP contribution in [0.2, 0.25) is 0 Å². The summed E-state index contributed by atoms with van der Waals surface area (Å²) in [6.07, 6.45) is 3.37. The molecule has 0 radical (unpaired) electrons. The molecule has 0 unspecified atom stereocenters. The van der Waals surface area contributed by atoms with Gasteiger partial charge in [0.05, 0.1) is 26.4 Å². The third-order valence-electron chi connectivity index (χ3n) is 7.39. The highest BCUT2D eigenvalue weighted by atomic mass is 16.5. The van der Waals surface area contributed by atoms with Gasteiger partial charge in [-0.25, -0.2) is 0 Å². The fraction of sp³-hybridized carbons (Fsp3) is 0.257. The van der Waals surface area contributed by atoms with Crippen LogP contribution < -0.4 is 4.74 Å². The molecule has 5 rings (SSSR count). The zero-order chi connectivity index (χ0) is 28.6. The summed E-state index contributed by atoms with van der Waals surface area (Å²) in [5.74, 6) is 1.34. The molecule has 6 nitrogen and oxygen atoms in total. The predicted octanol–water partition coefficient (Wildman–Crippen LogP) is 6.08. The first-order valence-electron chi connectivity index (χ1n) is 13.9. The lowest BCUT2D eigenvalue weighted by atomic mass is 9.91. The van der Waals surface area contributed by atoms with Gasteiger partial charge in [-0.15, -0.1) is 6.58 Å². The smallest absolute Gasteiger partial charge is 0.126 e. The van der Waals surface area contributed by atoms with Gasteiger partial charge in [0.25, 0.3) is 0 Å². The number of rotatable bonds is 9. The SMILES string of the molecule is C=CCOCCOCCOc1c2cccc1Cc1cccc(c1O)Cc1cccc(c1O)Cc1cccc(c1O)C2. The van der Waals surface area contributed by atoms with Crippen LogP contribution in [0.15, 0.2) is 85.5 Å². The quantitative estimate of drug-likeness (QED) is 0.152. The van der Waals surface area contributed by atoms with Gasteiger partial charge in [-0.2, -0.15) is 0 Å². The molecule has 41 heavy (non-hydrogen) atoms. The normalized spacial score (nSPS) is 12.6. The second-order valence-corrected chi connectivity index (χ2v) is 10.2. The molecule has 0 aliphatic heterocycles. The maximum Gasteiger partial charge on any atom is 0.126 e. The van der Waals surface area contributed by atoms with Crippen molar-refractivity contribution >= 4 is 0 Å². The molecular weight excluding hydrogens is 516 g/mol. The number of ether oxygens (including phenoxy) is 3. The van der Waals surface area contributed by atoms with E-state index in [1.165, 1.54) is 0 Å². The second-order valence-electron chi connectivity index (χ2n) is 10.2. The fourth-order valence-electron chi connectivity index (χ4n) is 5.30. The molecule has 0 amide bonds. The Morgan fingerprint density at radius 1 is 0.512 bits per heavy atom. The molecule has 8 bridgehead atoms. The Bertz CT molecular complexity index is 1420. The first-order valence-corrected chi connectivity index (χ1v) is 13.9. The van der Waals surface area contributed by atoms with Crippen LogP contribution in [0.3, 0.4) is 0 Å². The van der Waals surface area contributed by atoms with Crippen molar-refractivity contribution in [3.63, 3.8) is 0 Å². The van der Waals surface area contributed by atoms with Crippen molar-refractivity contribution in [3.8, 4) is 23.0 Å². The number of aromatic hydroxyl groups is 3. The van der Waals surface area contributed by atoms with Crippen LogP contribution in [0.1, 0.15) is 44.5 Å². The van der Waals surface area contributed by atoms with E-state index in [1.807, 2.05) is 72.8 Å². The molecule has 212 valence electrons. The zero-order valence-corrected chi connectivity index (χ0v) is 23.1. The van der Waals surface area contributed by atoms with E-state index >= 15 is 0 Å². The van der Waals surface area contributed by atoms with Crippen LogP contribution in [0, 0.1) is 0 Å². The lowest BCUT2D eigenvalue weighted by Gasteiger charge is -2.19. The lowest BCUT2D eigenvalue weighted by molar-refractivity contribution is 0.0447. The minimum absolute atomic E-state index is 0.185. The van der Waals surface area contributed by atoms with Crippen molar-refractivity contribution in [2.75, 3.05) is 33.0 Å². The summed E-state index contributed by atoms with van der Waals surface area (Å²) in [6.45, 7) is 5.82. The third-order valence-corrected chi connectivity index (χ3v) is 7.39. The van der Waals surface area contributed by atoms with Crippen LogP contribution in [0.25, 0.3) is 0 Å². The summed E-state index contributed by atoms with van der Waals surface area (Å²) in [7, 11) is 0. The summed E-state index contributed by atoms with van der Waals surface area (Å²) in [4.78, 5) is 0. The Morgan fingerprint density at radius 3 is 1.27 bits per heavy atom. The monoisotopic (exact) mass is 552 g/mol. The van der Waals surface area contributed by atoms with Gasteiger partial charge < -0.3 is 29.5 Å². The van der Waals surface area contributed by atoms with Gasteiger partial charge in [0.1, 0.15) is 29.6 Å². The maximum atomic E-state index is 11.3. The Kier molecular flexibility index (Phi) is 9.24. The molecule has 0 saturated carbocycles. The van der Waals surface area contributed by atoms with Gasteiger partial charge in [0.2, 0.25) is 0 Å². The predicted molar refractivity (Wildman–Crippen MR) is 159 cm³/mol. The Balaban J connectivity index is 1.51. The molecule has 0 heterocycles. The summed E-state index contributed by atoms with van der Waals surface area (Å²) in [5.41, 5.74) is 6.31. The fourth-order valence-corrected chi connectivity index (χ4v) is 5.30. The van der Waals surface area contributed by atoms with Crippen molar-refractivity contribution in [3.05, 3.63) is 130 Å². The summed E-state index contributed by atoms with van der Waals surface area (Å²) >= 11 is 0. The van der Waals surface area contributed by atoms with Crippen molar-refractivity contribution in [1.29, 1.82) is 0 Å². The maximum absolute atomic E-state index is 11.3. The van der Waals surface area contributed by atoms with Gasteiger partial charge in [0.15, 0.2) is 0 Å². The van der Waals surface area contributed by atoms with Crippen LogP contribution in [0.4, 0.5) is 0 Å². The first-order chi connectivity index (χ1) is 20.0. The van der Waals surface area contributed by atoms with Crippen LogP contribution in [-0.4, -0.2) is 48.4 Å². The van der Waals surface area contributed by atoms with Crippen molar-refractivity contribution in [2.24, 2.45) is 0 Å². The average Bonchev–Trinajstić information content (AvgIpc) is 2.97. The third kappa shape index (κ3) is 6.73. The van der Waals surface area contributed by atoms with Crippen molar-refractivity contribution in [2.45, 2.75) is 25.7 Å². The molecule has 0 atom stereocenters. The topological polar surface area (TPSA) is 88.4 Å². The zero-order valence-electron chi connectivity index (χ0n) is 23.1. The largest absolute Gasteiger partial charge is 0.507 e. The number of benzene rings is 4. The molecule has 6 heteroatoms. The second kappa shape index (κ2) is 13.4. The van der Waals surface area contributed by atoms with E-state index in [1.54, 1.807) is 6.08 Å². The minimum atomic E-state index is 0.185. The van der Waals surface area contributed by atoms with Crippen molar-refractivity contribution in [1.82, 2.24) is 0 Å². The number of phenolic OH excluding ortho intramolecular Hbond substituents is 3. The van der Waals surface area contributed by atoms with E-state index in [0.29, 0.717) is 58.7 Å². The van der Waals surface area contributed by atoms with Gasteiger partial charge in [-0.3, -0.25) is 0 Å². The van der Waals surface area contributed by atoms with E-state index in [4.69, 9.17) is 14.2 Å². The standard InChI is InChI=1S/C35H36O6/c1-2-15-39-16-17-40-18-19-41-35-30-13-6-14-31(35)23-29-12-5-10-27(34(29)38)21-25-8-3-7-24(32(25)36)20-26-9-4-11-28(22-30)33(26)37/h2-14,36-38H,1,15-23H2. The molecule has 3 N–H and O–H groups in total. The molecule has 4 aromatic carbocycles. The molecule has 1 aliphatic rings. The average molecular weight is 553 g/mol.